The molecule has 0 aromatic rings. The fourth-order valence-corrected chi connectivity index (χ4v) is 1.78. The highest BCUT2D eigenvalue weighted by molar-refractivity contribution is 5.69. The summed E-state index contributed by atoms with van der Waals surface area (Å²) in [7, 11) is 0. The number of esters is 1. The molecule has 17 heavy (non-hydrogen) atoms. The number of carbonyl (C=O) groups is 1. The first kappa shape index (κ1) is 16.4. The van der Waals surface area contributed by atoms with E-state index in [4.69, 9.17) is 4.74 Å². The average Bonchev–Trinajstić information content (AvgIpc) is 2.32. The number of nitrogens with zero attached hydrogens (tertiary/aromatic N) is 1. The van der Waals surface area contributed by atoms with E-state index in [1.807, 2.05) is 6.92 Å². The van der Waals surface area contributed by atoms with Crippen molar-refractivity contribution in [1.29, 1.82) is 0 Å². The lowest BCUT2D eigenvalue weighted by atomic mass is 10.2. The normalized spacial score (nSPS) is 10.8. The van der Waals surface area contributed by atoms with Gasteiger partial charge in [-0.2, -0.15) is 0 Å². The van der Waals surface area contributed by atoms with Gasteiger partial charge in [0.2, 0.25) is 0 Å². The largest absolute Gasteiger partial charge is 0.466 e. The van der Waals surface area contributed by atoms with Gasteiger partial charge >= 0.3 is 5.97 Å². The SMILES string of the molecule is CCCCN(CCCC)CCCC(=O)OCC. The smallest absolute Gasteiger partial charge is 0.305 e. The standard InChI is InChI=1S/C14H29NO2/c1-4-7-11-15(12-8-5-2)13-9-10-14(16)17-6-3/h4-13H2,1-3H3. The third-order valence-electron chi connectivity index (χ3n) is 2.82. The maximum atomic E-state index is 11.2. The monoisotopic (exact) mass is 243 g/mol. The van der Waals surface area contributed by atoms with Crippen LogP contribution in [0.15, 0.2) is 0 Å². The first-order valence-corrected chi connectivity index (χ1v) is 7.12. The summed E-state index contributed by atoms with van der Waals surface area (Å²) in [6, 6.07) is 0. The van der Waals surface area contributed by atoms with Crippen LogP contribution in [-0.2, 0) is 9.53 Å². The van der Waals surface area contributed by atoms with Gasteiger partial charge in [-0.3, -0.25) is 4.79 Å². The second-order valence-corrected chi connectivity index (χ2v) is 4.46. The molecule has 0 bridgehead atoms. The van der Waals surface area contributed by atoms with E-state index in [1.54, 1.807) is 0 Å². The van der Waals surface area contributed by atoms with Gasteiger partial charge < -0.3 is 9.64 Å². The molecule has 0 unspecified atom stereocenters. The minimum absolute atomic E-state index is 0.0570. The number of rotatable bonds is 11. The molecule has 3 nitrogen and oxygen atoms in total. The molecule has 0 saturated carbocycles. The topological polar surface area (TPSA) is 29.5 Å². The predicted octanol–water partition coefficient (Wildman–Crippen LogP) is 3.23. The third kappa shape index (κ3) is 10.3. The Labute approximate surface area is 107 Å². The molecule has 0 saturated heterocycles. The summed E-state index contributed by atoms with van der Waals surface area (Å²) < 4.78 is 4.93. The second-order valence-electron chi connectivity index (χ2n) is 4.46. The molecule has 0 spiro atoms. The average molecular weight is 243 g/mol. The molecular formula is C14H29NO2. The molecule has 0 rings (SSSR count). The Bertz CT molecular complexity index is 175. The lowest BCUT2D eigenvalue weighted by molar-refractivity contribution is -0.143. The van der Waals surface area contributed by atoms with Crippen molar-refractivity contribution in [2.45, 2.75) is 59.3 Å². The van der Waals surface area contributed by atoms with E-state index in [2.05, 4.69) is 18.7 Å². The van der Waals surface area contributed by atoms with Crippen LogP contribution in [-0.4, -0.2) is 37.1 Å². The van der Waals surface area contributed by atoms with E-state index in [0.29, 0.717) is 13.0 Å². The van der Waals surface area contributed by atoms with E-state index >= 15 is 0 Å². The summed E-state index contributed by atoms with van der Waals surface area (Å²) in [5, 5.41) is 0. The molecular weight excluding hydrogens is 214 g/mol. The first-order valence-electron chi connectivity index (χ1n) is 7.12. The molecule has 0 aromatic heterocycles. The third-order valence-corrected chi connectivity index (χ3v) is 2.82. The van der Waals surface area contributed by atoms with Crippen molar-refractivity contribution in [2.75, 3.05) is 26.2 Å². The highest BCUT2D eigenvalue weighted by atomic mass is 16.5. The number of unbranched alkanes of at least 4 members (excludes halogenated alkanes) is 2. The molecule has 0 amide bonds. The molecule has 0 fully saturated rings. The minimum atomic E-state index is -0.0570. The van der Waals surface area contributed by atoms with Gasteiger partial charge in [-0.1, -0.05) is 26.7 Å². The number of ether oxygens (including phenoxy) is 1. The quantitative estimate of drug-likeness (QED) is 0.522. The van der Waals surface area contributed by atoms with Crippen molar-refractivity contribution in [3.8, 4) is 0 Å². The summed E-state index contributed by atoms with van der Waals surface area (Å²) in [5.41, 5.74) is 0. The molecule has 3 heteroatoms. The zero-order valence-corrected chi connectivity index (χ0v) is 11.8. The van der Waals surface area contributed by atoms with E-state index < -0.39 is 0 Å². The van der Waals surface area contributed by atoms with Crippen LogP contribution in [0.5, 0.6) is 0 Å². The Morgan fingerprint density at radius 2 is 1.47 bits per heavy atom. The molecule has 0 atom stereocenters. The zero-order chi connectivity index (χ0) is 12.9. The predicted molar refractivity (Wildman–Crippen MR) is 72.1 cm³/mol. The highest BCUT2D eigenvalue weighted by Gasteiger charge is 2.06. The lowest BCUT2D eigenvalue weighted by Crippen LogP contribution is -2.27. The van der Waals surface area contributed by atoms with Gasteiger partial charge in [-0.25, -0.2) is 0 Å². The fraction of sp³-hybridized carbons (Fsp3) is 0.929. The van der Waals surface area contributed by atoms with Crippen LogP contribution < -0.4 is 0 Å². The van der Waals surface area contributed by atoms with Gasteiger partial charge in [0.05, 0.1) is 6.61 Å². The van der Waals surface area contributed by atoms with Crippen LogP contribution in [0.2, 0.25) is 0 Å². The van der Waals surface area contributed by atoms with Crippen molar-refractivity contribution in [3.63, 3.8) is 0 Å². The summed E-state index contributed by atoms with van der Waals surface area (Å²) in [6.45, 7) is 10.1. The molecule has 102 valence electrons. The summed E-state index contributed by atoms with van der Waals surface area (Å²) in [5.74, 6) is -0.0570. The molecule has 0 aliphatic heterocycles. The first-order chi connectivity index (χ1) is 8.24. The van der Waals surface area contributed by atoms with Gasteiger partial charge in [-0.05, 0) is 45.8 Å². The van der Waals surface area contributed by atoms with Crippen molar-refractivity contribution in [3.05, 3.63) is 0 Å². The maximum absolute atomic E-state index is 11.2. The van der Waals surface area contributed by atoms with Crippen molar-refractivity contribution < 1.29 is 9.53 Å². The Hall–Kier alpha value is -0.570. The fourth-order valence-electron chi connectivity index (χ4n) is 1.78. The van der Waals surface area contributed by atoms with Gasteiger partial charge in [0, 0.05) is 6.42 Å². The Morgan fingerprint density at radius 3 is 1.94 bits per heavy atom. The summed E-state index contributed by atoms with van der Waals surface area (Å²) >= 11 is 0. The zero-order valence-electron chi connectivity index (χ0n) is 11.8. The molecule has 0 radical (unpaired) electrons. The van der Waals surface area contributed by atoms with Crippen LogP contribution >= 0.6 is 0 Å². The van der Waals surface area contributed by atoms with Crippen molar-refractivity contribution in [1.82, 2.24) is 4.90 Å². The van der Waals surface area contributed by atoms with Crippen LogP contribution in [0.4, 0.5) is 0 Å². The van der Waals surface area contributed by atoms with E-state index in [1.165, 1.54) is 38.8 Å². The molecule has 0 aliphatic rings. The van der Waals surface area contributed by atoms with E-state index in [-0.39, 0.29) is 5.97 Å². The molecule has 0 N–H and O–H groups in total. The van der Waals surface area contributed by atoms with Crippen LogP contribution in [0, 0.1) is 0 Å². The minimum Gasteiger partial charge on any atom is -0.466 e. The summed E-state index contributed by atoms with van der Waals surface area (Å²) in [4.78, 5) is 13.7. The highest BCUT2D eigenvalue weighted by Crippen LogP contribution is 2.02. The van der Waals surface area contributed by atoms with Crippen molar-refractivity contribution >= 4 is 5.97 Å². The number of carbonyl (C=O) groups excluding carboxylic acids is 1. The number of hydrogen-bond acceptors (Lipinski definition) is 3. The summed E-state index contributed by atoms with van der Waals surface area (Å²) in [6.07, 6.45) is 6.46. The lowest BCUT2D eigenvalue weighted by Gasteiger charge is -2.21. The van der Waals surface area contributed by atoms with Gasteiger partial charge in [0.25, 0.3) is 0 Å². The van der Waals surface area contributed by atoms with Gasteiger partial charge in [0.1, 0.15) is 0 Å². The Balaban J connectivity index is 3.69. The number of hydrogen-bond donors (Lipinski definition) is 0. The van der Waals surface area contributed by atoms with Crippen LogP contribution in [0.1, 0.15) is 59.3 Å². The molecule has 0 aliphatic carbocycles. The van der Waals surface area contributed by atoms with Crippen LogP contribution in [0.25, 0.3) is 0 Å². The maximum Gasteiger partial charge on any atom is 0.305 e. The molecule has 0 heterocycles. The van der Waals surface area contributed by atoms with Gasteiger partial charge in [-0.15, -0.1) is 0 Å². The Morgan fingerprint density at radius 1 is 0.941 bits per heavy atom. The van der Waals surface area contributed by atoms with E-state index in [9.17, 15) is 4.79 Å². The Kier molecular flexibility index (Phi) is 11.5. The van der Waals surface area contributed by atoms with Crippen molar-refractivity contribution in [2.24, 2.45) is 0 Å². The van der Waals surface area contributed by atoms with Gasteiger partial charge in [0.15, 0.2) is 0 Å². The molecule has 0 aromatic carbocycles. The van der Waals surface area contributed by atoms with Crippen LogP contribution in [0.3, 0.4) is 0 Å². The second kappa shape index (κ2) is 11.9. The van der Waals surface area contributed by atoms with E-state index in [0.717, 1.165) is 13.0 Å².